The van der Waals surface area contributed by atoms with Crippen molar-refractivity contribution in [3.8, 4) is 22.8 Å². The predicted molar refractivity (Wildman–Crippen MR) is 143 cm³/mol. The molecule has 0 saturated heterocycles. The summed E-state index contributed by atoms with van der Waals surface area (Å²) in [5.41, 5.74) is 4.61. The van der Waals surface area contributed by atoms with Gasteiger partial charge in [-0.15, -0.1) is 0 Å². The highest BCUT2D eigenvalue weighted by atomic mass is 35.5. The average Bonchev–Trinajstić information content (AvgIpc) is 3.41. The summed E-state index contributed by atoms with van der Waals surface area (Å²) in [6, 6.07) is 14.5. The molecule has 1 aliphatic rings. The number of pyridine rings is 1. The zero-order valence-corrected chi connectivity index (χ0v) is 21.8. The largest absolute Gasteiger partial charge is 0.507 e. The number of phenols is 1. The van der Waals surface area contributed by atoms with E-state index in [4.69, 9.17) is 16.3 Å². The van der Waals surface area contributed by atoms with Crippen LogP contribution >= 0.6 is 11.6 Å². The Morgan fingerprint density at radius 2 is 2.03 bits per heavy atom. The van der Waals surface area contributed by atoms with Crippen LogP contribution in [-0.2, 0) is 6.54 Å². The van der Waals surface area contributed by atoms with Gasteiger partial charge in [0, 0.05) is 35.1 Å². The molecule has 0 saturated carbocycles. The number of nitrogens with one attached hydrogen (secondary N) is 1. The quantitative estimate of drug-likeness (QED) is 0.286. The van der Waals surface area contributed by atoms with E-state index in [1.54, 1.807) is 29.4 Å². The van der Waals surface area contributed by atoms with Gasteiger partial charge in [0.2, 0.25) is 0 Å². The van der Waals surface area contributed by atoms with Crippen molar-refractivity contribution in [3.05, 3.63) is 93.9 Å². The number of carbonyl (C=O) groups is 1. The van der Waals surface area contributed by atoms with Gasteiger partial charge < -0.3 is 14.7 Å². The molecule has 2 aromatic heterocycles. The second-order valence-corrected chi connectivity index (χ2v) is 10.2. The van der Waals surface area contributed by atoms with Crippen LogP contribution < -0.4 is 4.74 Å². The molecule has 7 nitrogen and oxygen atoms in total. The Morgan fingerprint density at radius 1 is 1.19 bits per heavy atom. The van der Waals surface area contributed by atoms with Crippen LogP contribution in [0.1, 0.15) is 59.1 Å². The van der Waals surface area contributed by atoms with Gasteiger partial charge >= 0.3 is 0 Å². The Labute approximate surface area is 221 Å². The van der Waals surface area contributed by atoms with Crippen LogP contribution in [0, 0.1) is 12.8 Å². The Bertz CT molecular complexity index is 1430. The lowest BCUT2D eigenvalue weighted by atomic mass is 9.95. The lowest BCUT2D eigenvalue weighted by Crippen LogP contribution is -2.29. The maximum Gasteiger partial charge on any atom is 0.273 e. The highest BCUT2D eigenvalue weighted by Crippen LogP contribution is 2.46. The zero-order valence-electron chi connectivity index (χ0n) is 21.0. The van der Waals surface area contributed by atoms with Crippen LogP contribution in [0.15, 0.2) is 60.9 Å². The summed E-state index contributed by atoms with van der Waals surface area (Å²) in [4.78, 5) is 19.7. The van der Waals surface area contributed by atoms with Crippen molar-refractivity contribution in [1.82, 2.24) is 20.1 Å². The van der Waals surface area contributed by atoms with Crippen LogP contribution in [0.5, 0.6) is 11.5 Å². The van der Waals surface area contributed by atoms with Crippen molar-refractivity contribution in [2.45, 2.75) is 39.8 Å². The van der Waals surface area contributed by atoms with Crippen molar-refractivity contribution >= 4 is 17.5 Å². The third-order valence-electron chi connectivity index (χ3n) is 6.61. The number of aryl methyl sites for hydroxylation is 1. The average molecular weight is 517 g/mol. The van der Waals surface area contributed by atoms with Gasteiger partial charge in [0.25, 0.3) is 5.91 Å². The zero-order chi connectivity index (χ0) is 26.1. The number of aromatic amines is 1. The molecule has 1 atom stereocenters. The minimum Gasteiger partial charge on any atom is -0.507 e. The van der Waals surface area contributed by atoms with Gasteiger partial charge in [0.05, 0.1) is 12.6 Å². The molecule has 2 N–H and O–H groups in total. The Balaban J connectivity index is 1.61. The van der Waals surface area contributed by atoms with E-state index < -0.39 is 6.04 Å². The second-order valence-electron chi connectivity index (χ2n) is 9.78. The van der Waals surface area contributed by atoms with Crippen LogP contribution in [0.4, 0.5) is 0 Å². The van der Waals surface area contributed by atoms with E-state index in [1.807, 2.05) is 43.3 Å². The molecule has 190 valence electrons. The van der Waals surface area contributed by atoms with Crippen molar-refractivity contribution < 1.29 is 14.6 Å². The van der Waals surface area contributed by atoms with Gasteiger partial charge in [-0.3, -0.25) is 14.9 Å². The Morgan fingerprint density at radius 3 is 2.78 bits per heavy atom. The molecule has 0 fully saturated rings. The van der Waals surface area contributed by atoms with Crippen molar-refractivity contribution in [1.29, 1.82) is 0 Å². The molecule has 2 aromatic carbocycles. The molecule has 37 heavy (non-hydrogen) atoms. The van der Waals surface area contributed by atoms with Crippen molar-refractivity contribution in [2.75, 3.05) is 6.61 Å². The number of benzene rings is 2. The minimum absolute atomic E-state index is 0.0545. The molecule has 4 aromatic rings. The second kappa shape index (κ2) is 10.3. The van der Waals surface area contributed by atoms with Crippen molar-refractivity contribution in [2.24, 2.45) is 5.92 Å². The molecule has 0 spiro atoms. The molecular weight excluding hydrogens is 488 g/mol. The third-order valence-corrected chi connectivity index (χ3v) is 7.02. The number of ether oxygens (including phenoxy) is 1. The monoisotopic (exact) mass is 516 g/mol. The van der Waals surface area contributed by atoms with Gasteiger partial charge in [-0.25, -0.2) is 0 Å². The van der Waals surface area contributed by atoms with E-state index in [9.17, 15) is 9.90 Å². The summed E-state index contributed by atoms with van der Waals surface area (Å²) >= 11 is 6.41. The van der Waals surface area contributed by atoms with E-state index in [1.165, 1.54) is 0 Å². The van der Waals surface area contributed by atoms with Crippen molar-refractivity contribution in [3.63, 3.8) is 0 Å². The van der Waals surface area contributed by atoms with Crippen LogP contribution in [0.3, 0.4) is 0 Å². The molecule has 1 aliphatic heterocycles. The van der Waals surface area contributed by atoms with E-state index >= 15 is 0 Å². The van der Waals surface area contributed by atoms with Gasteiger partial charge in [0.1, 0.15) is 22.9 Å². The van der Waals surface area contributed by atoms with Gasteiger partial charge in [-0.2, -0.15) is 5.10 Å². The normalized spacial score (nSPS) is 14.9. The van der Waals surface area contributed by atoms with E-state index in [2.05, 4.69) is 29.0 Å². The SMILES string of the molecule is Cc1cc(O)c(-c2n[nH]c3c2C(c2cccc(OCCC(C)C)c2)N(Cc2cccnc2)C3=O)cc1Cl. The molecular formula is C29H29ClN4O3. The fourth-order valence-electron chi connectivity index (χ4n) is 4.64. The van der Waals surface area contributed by atoms with Crippen LogP contribution in [0.2, 0.25) is 5.02 Å². The Hall–Kier alpha value is -3.84. The highest BCUT2D eigenvalue weighted by Gasteiger charge is 2.42. The minimum atomic E-state index is -0.454. The first-order valence-corrected chi connectivity index (χ1v) is 12.7. The topological polar surface area (TPSA) is 91.3 Å². The molecule has 0 bridgehead atoms. The first-order chi connectivity index (χ1) is 17.8. The fourth-order valence-corrected chi connectivity index (χ4v) is 4.81. The number of fused-ring (bicyclic) bond motifs is 1. The number of nitrogens with zero attached hydrogens (tertiary/aromatic N) is 3. The molecule has 1 unspecified atom stereocenters. The molecule has 0 aliphatic carbocycles. The number of hydrogen-bond donors (Lipinski definition) is 2. The highest BCUT2D eigenvalue weighted by molar-refractivity contribution is 6.31. The molecule has 1 amide bonds. The molecule has 0 radical (unpaired) electrons. The van der Waals surface area contributed by atoms with E-state index in [-0.39, 0.29) is 11.7 Å². The lowest BCUT2D eigenvalue weighted by Gasteiger charge is -2.27. The number of rotatable bonds is 8. The van der Waals surface area contributed by atoms with Gasteiger partial charge in [-0.1, -0.05) is 43.6 Å². The summed E-state index contributed by atoms with van der Waals surface area (Å²) in [5.74, 6) is 1.16. The summed E-state index contributed by atoms with van der Waals surface area (Å²) in [6.07, 6.45) is 4.41. The van der Waals surface area contributed by atoms with E-state index in [0.29, 0.717) is 46.6 Å². The number of aromatic nitrogens is 3. The summed E-state index contributed by atoms with van der Waals surface area (Å²) in [5, 5.41) is 18.7. The van der Waals surface area contributed by atoms with Crippen LogP contribution in [0.25, 0.3) is 11.3 Å². The smallest absolute Gasteiger partial charge is 0.273 e. The molecule has 3 heterocycles. The lowest BCUT2D eigenvalue weighted by molar-refractivity contribution is 0.0729. The predicted octanol–water partition coefficient (Wildman–Crippen LogP) is 6.31. The third kappa shape index (κ3) is 4.91. The first kappa shape index (κ1) is 24.8. The first-order valence-electron chi connectivity index (χ1n) is 12.3. The number of amides is 1. The number of H-pyrrole nitrogens is 1. The number of phenolic OH excluding ortho intramolecular Hbond substituents is 1. The standard InChI is InChI=1S/C29H29ClN4O3/c1-17(2)9-11-37-21-8-4-7-20(13-21)28-25-26(22-14-23(30)18(3)12-24(22)35)32-33-27(25)29(36)34(28)16-19-6-5-10-31-15-19/h4-8,10,12-15,17,28,35H,9,11,16H2,1-3H3,(H,32,33). The maximum absolute atomic E-state index is 13.7. The Kier molecular flexibility index (Phi) is 6.89. The number of halogens is 1. The van der Waals surface area contributed by atoms with Gasteiger partial charge in [0.15, 0.2) is 0 Å². The molecule has 5 rings (SSSR count). The van der Waals surface area contributed by atoms with Crippen LogP contribution in [-0.4, -0.2) is 37.7 Å². The number of hydrogen-bond acceptors (Lipinski definition) is 5. The van der Waals surface area contributed by atoms with Gasteiger partial charge in [-0.05, 0) is 66.3 Å². The fraction of sp³-hybridized carbons (Fsp3) is 0.276. The summed E-state index contributed by atoms with van der Waals surface area (Å²) < 4.78 is 6.04. The summed E-state index contributed by atoms with van der Waals surface area (Å²) in [6.45, 7) is 7.12. The van der Waals surface area contributed by atoms with E-state index in [0.717, 1.165) is 28.9 Å². The number of carbonyl (C=O) groups excluding carboxylic acids is 1. The molecule has 8 heteroatoms. The maximum atomic E-state index is 13.7. The number of aromatic hydroxyl groups is 1. The summed E-state index contributed by atoms with van der Waals surface area (Å²) in [7, 11) is 0.